The van der Waals surface area contributed by atoms with Gasteiger partial charge in [0.2, 0.25) is 0 Å². The number of fused-ring (bicyclic) bond motifs is 1. The average Bonchev–Trinajstić information content (AvgIpc) is 2.90. The van der Waals surface area contributed by atoms with Crippen LogP contribution in [0.25, 0.3) is 10.9 Å². The molecule has 124 valence electrons. The van der Waals surface area contributed by atoms with Crippen LogP contribution in [0.5, 0.6) is 0 Å². The van der Waals surface area contributed by atoms with Crippen LogP contribution in [-0.2, 0) is 12.7 Å². The van der Waals surface area contributed by atoms with Crippen LogP contribution < -0.4 is 0 Å². The van der Waals surface area contributed by atoms with Gasteiger partial charge in [-0.15, -0.1) is 0 Å². The number of benzene rings is 2. The second-order valence-corrected chi connectivity index (χ2v) is 5.63. The third-order valence-electron chi connectivity index (χ3n) is 3.67. The summed E-state index contributed by atoms with van der Waals surface area (Å²) in [5.41, 5.74) is -0.331. The lowest BCUT2D eigenvalue weighted by Gasteiger charge is -2.14. The molecule has 2 aromatic carbocycles. The Bertz CT molecular complexity index is 935. The van der Waals surface area contributed by atoms with Crippen LogP contribution in [0.15, 0.2) is 48.7 Å². The lowest BCUT2D eigenvalue weighted by molar-refractivity contribution is -0.384. The monoisotopic (exact) mass is 354 g/mol. The molecule has 0 saturated heterocycles. The van der Waals surface area contributed by atoms with E-state index < -0.39 is 16.7 Å². The molecule has 0 unspecified atom stereocenters. The van der Waals surface area contributed by atoms with E-state index in [1.165, 1.54) is 30.3 Å². The summed E-state index contributed by atoms with van der Waals surface area (Å²) in [5, 5.41) is 11.5. The molecule has 0 aliphatic heterocycles. The summed E-state index contributed by atoms with van der Waals surface area (Å²) >= 11 is 6.10. The number of aromatic nitrogens is 1. The number of hydrogen-bond acceptors (Lipinski definition) is 2. The van der Waals surface area contributed by atoms with Crippen LogP contribution in [0.2, 0.25) is 5.02 Å². The minimum absolute atomic E-state index is 0.0449. The van der Waals surface area contributed by atoms with Crippen molar-refractivity contribution in [1.82, 2.24) is 4.57 Å². The van der Waals surface area contributed by atoms with E-state index in [0.29, 0.717) is 10.9 Å². The SMILES string of the molecule is O=[N+]([O-])c1cc(Cl)c2c(ccn2Cc2ccccc2C(F)(F)F)c1. The smallest absolute Gasteiger partial charge is 0.342 e. The van der Waals surface area contributed by atoms with E-state index in [9.17, 15) is 23.3 Å². The van der Waals surface area contributed by atoms with Crippen molar-refractivity contribution in [2.24, 2.45) is 0 Å². The third-order valence-corrected chi connectivity index (χ3v) is 3.96. The first-order valence-electron chi connectivity index (χ1n) is 6.85. The van der Waals surface area contributed by atoms with Crippen molar-refractivity contribution in [2.45, 2.75) is 12.7 Å². The van der Waals surface area contributed by atoms with Gasteiger partial charge in [-0.2, -0.15) is 13.2 Å². The van der Waals surface area contributed by atoms with Crippen molar-refractivity contribution >= 4 is 28.2 Å². The minimum atomic E-state index is -4.46. The molecule has 0 atom stereocenters. The van der Waals surface area contributed by atoms with Gasteiger partial charge < -0.3 is 4.57 Å². The molecule has 0 radical (unpaired) electrons. The number of alkyl halides is 3. The highest BCUT2D eigenvalue weighted by atomic mass is 35.5. The van der Waals surface area contributed by atoms with E-state index >= 15 is 0 Å². The summed E-state index contributed by atoms with van der Waals surface area (Å²) in [7, 11) is 0. The highest BCUT2D eigenvalue weighted by Gasteiger charge is 2.33. The molecule has 3 rings (SSSR count). The largest absolute Gasteiger partial charge is 0.416 e. The maximum Gasteiger partial charge on any atom is 0.416 e. The van der Waals surface area contributed by atoms with Crippen molar-refractivity contribution < 1.29 is 18.1 Å². The number of nitro groups is 1. The van der Waals surface area contributed by atoms with Crippen LogP contribution in [0.3, 0.4) is 0 Å². The summed E-state index contributed by atoms with van der Waals surface area (Å²) in [6.45, 7) is -0.0449. The predicted molar refractivity (Wildman–Crippen MR) is 84.1 cm³/mol. The zero-order valence-corrected chi connectivity index (χ0v) is 12.8. The van der Waals surface area contributed by atoms with Gasteiger partial charge in [-0.3, -0.25) is 10.1 Å². The summed E-state index contributed by atoms with van der Waals surface area (Å²) in [6, 6.07) is 9.40. The molecule has 0 spiro atoms. The zero-order chi connectivity index (χ0) is 17.5. The van der Waals surface area contributed by atoms with Crippen molar-refractivity contribution in [2.75, 3.05) is 0 Å². The Kier molecular flexibility index (Phi) is 3.96. The quantitative estimate of drug-likeness (QED) is 0.475. The standard InChI is InChI=1S/C16H10ClF3N2O2/c17-14-8-12(22(23)24)7-10-5-6-21(15(10)14)9-11-3-1-2-4-13(11)16(18,19)20/h1-8H,9H2. The van der Waals surface area contributed by atoms with E-state index in [0.717, 1.165) is 6.07 Å². The van der Waals surface area contributed by atoms with Gasteiger partial charge in [0.1, 0.15) is 0 Å². The first-order valence-corrected chi connectivity index (χ1v) is 7.23. The number of halogens is 4. The molecular formula is C16H10ClF3N2O2. The van der Waals surface area contributed by atoms with E-state index in [1.807, 2.05) is 0 Å². The van der Waals surface area contributed by atoms with Crippen molar-refractivity contribution in [3.05, 3.63) is 74.9 Å². The van der Waals surface area contributed by atoms with Gasteiger partial charge in [0.05, 0.1) is 21.0 Å². The van der Waals surface area contributed by atoms with Crippen molar-refractivity contribution in [1.29, 1.82) is 0 Å². The predicted octanol–water partition coefficient (Wildman–Crippen LogP) is 5.27. The highest BCUT2D eigenvalue weighted by molar-refractivity contribution is 6.35. The normalized spacial score (nSPS) is 11.8. The molecular weight excluding hydrogens is 345 g/mol. The Morgan fingerprint density at radius 2 is 1.88 bits per heavy atom. The molecule has 0 aliphatic rings. The molecule has 0 amide bonds. The van der Waals surface area contributed by atoms with Gasteiger partial charge >= 0.3 is 6.18 Å². The summed E-state index contributed by atoms with van der Waals surface area (Å²) in [4.78, 5) is 10.3. The molecule has 0 N–H and O–H groups in total. The molecule has 0 bridgehead atoms. The maximum atomic E-state index is 13.1. The van der Waals surface area contributed by atoms with E-state index in [4.69, 9.17) is 11.6 Å². The Balaban J connectivity index is 2.08. The second kappa shape index (κ2) is 5.83. The van der Waals surface area contributed by atoms with Crippen LogP contribution in [-0.4, -0.2) is 9.49 Å². The highest BCUT2D eigenvalue weighted by Crippen LogP contribution is 2.34. The van der Waals surface area contributed by atoms with Crippen LogP contribution in [0.4, 0.5) is 18.9 Å². The molecule has 0 fully saturated rings. The van der Waals surface area contributed by atoms with Gasteiger partial charge in [0.25, 0.3) is 5.69 Å². The van der Waals surface area contributed by atoms with Crippen molar-refractivity contribution in [3.8, 4) is 0 Å². The Morgan fingerprint density at radius 1 is 1.17 bits per heavy atom. The summed E-state index contributed by atoms with van der Waals surface area (Å²) in [5.74, 6) is 0. The topological polar surface area (TPSA) is 48.1 Å². The summed E-state index contributed by atoms with van der Waals surface area (Å²) in [6.07, 6.45) is -2.89. The van der Waals surface area contributed by atoms with Crippen LogP contribution in [0.1, 0.15) is 11.1 Å². The Labute approximate surface area is 139 Å². The number of nitro benzene ring substituents is 1. The maximum absolute atomic E-state index is 13.1. The fourth-order valence-electron chi connectivity index (χ4n) is 2.64. The lowest BCUT2D eigenvalue weighted by Crippen LogP contribution is -2.11. The molecule has 8 heteroatoms. The first-order chi connectivity index (χ1) is 11.3. The molecule has 3 aromatic rings. The fourth-order valence-corrected chi connectivity index (χ4v) is 2.97. The molecule has 1 aromatic heterocycles. The van der Waals surface area contributed by atoms with E-state index in [2.05, 4.69) is 0 Å². The lowest BCUT2D eigenvalue weighted by atomic mass is 10.1. The molecule has 0 saturated carbocycles. The van der Waals surface area contributed by atoms with Crippen LogP contribution in [0, 0.1) is 10.1 Å². The van der Waals surface area contributed by atoms with Gasteiger partial charge in [-0.1, -0.05) is 29.8 Å². The van der Waals surface area contributed by atoms with Crippen molar-refractivity contribution in [3.63, 3.8) is 0 Å². The van der Waals surface area contributed by atoms with Gasteiger partial charge in [0, 0.05) is 30.3 Å². The molecule has 24 heavy (non-hydrogen) atoms. The number of hydrogen-bond donors (Lipinski definition) is 0. The Hall–Kier alpha value is -2.54. The minimum Gasteiger partial charge on any atom is -0.342 e. The van der Waals surface area contributed by atoms with Gasteiger partial charge in [-0.05, 0) is 17.7 Å². The first kappa shape index (κ1) is 16.3. The zero-order valence-electron chi connectivity index (χ0n) is 12.0. The third kappa shape index (κ3) is 2.94. The number of nitrogens with zero attached hydrogens (tertiary/aromatic N) is 2. The van der Waals surface area contributed by atoms with E-state index in [-0.39, 0.29) is 22.8 Å². The van der Waals surface area contributed by atoms with Gasteiger partial charge in [0.15, 0.2) is 0 Å². The second-order valence-electron chi connectivity index (χ2n) is 5.22. The number of rotatable bonds is 3. The Morgan fingerprint density at radius 3 is 2.54 bits per heavy atom. The summed E-state index contributed by atoms with van der Waals surface area (Å²) < 4.78 is 40.9. The molecule has 0 aliphatic carbocycles. The average molecular weight is 355 g/mol. The van der Waals surface area contributed by atoms with Gasteiger partial charge in [-0.25, -0.2) is 0 Å². The fraction of sp³-hybridized carbons (Fsp3) is 0.125. The van der Waals surface area contributed by atoms with E-state index in [1.54, 1.807) is 16.8 Å². The molecule has 1 heterocycles. The van der Waals surface area contributed by atoms with Crippen LogP contribution >= 0.6 is 11.6 Å². The number of non-ortho nitro benzene ring substituents is 1. The molecule has 4 nitrogen and oxygen atoms in total.